The molecule has 2 heteroatoms. The molecule has 2 aliphatic heterocycles. The Morgan fingerprint density at radius 1 is 1.41 bits per heavy atom. The average molecular weight is 236 g/mol. The molecule has 5 atom stereocenters. The molecule has 2 fully saturated rings. The van der Waals surface area contributed by atoms with Gasteiger partial charge in [0.1, 0.15) is 0 Å². The summed E-state index contributed by atoms with van der Waals surface area (Å²) in [7, 11) is 0. The van der Waals surface area contributed by atoms with E-state index in [1.807, 2.05) is 6.08 Å². The zero-order valence-corrected chi connectivity index (χ0v) is 11.4. The highest BCUT2D eigenvalue weighted by atomic mass is 16.6. The van der Waals surface area contributed by atoms with Crippen molar-refractivity contribution in [2.75, 3.05) is 0 Å². The Bertz CT molecular complexity index is 373. The molecular formula is C15H24O2. The molecule has 0 radical (unpaired) electrons. The van der Waals surface area contributed by atoms with Gasteiger partial charge < -0.3 is 9.84 Å². The van der Waals surface area contributed by atoms with Crippen molar-refractivity contribution < 1.29 is 9.84 Å². The van der Waals surface area contributed by atoms with Gasteiger partial charge in [0.25, 0.3) is 0 Å². The van der Waals surface area contributed by atoms with Crippen molar-refractivity contribution in [3.63, 3.8) is 0 Å². The number of rotatable bonds is 1. The van der Waals surface area contributed by atoms with Gasteiger partial charge in [0.05, 0.1) is 5.60 Å². The van der Waals surface area contributed by atoms with Crippen LogP contribution in [0.5, 0.6) is 0 Å². The molecule has 0 amide bonds. The lowest BCUT2D eigenvalue weighted by Crippen LogP contribution is -2.46. The molecule has 3 rings (SSSR count). The van der Waals surface area contributed by atoms with Gasteiger partial charge in [-0.25, -0.2) is 0 Å². The van der Waals surface area contributed by atoms with Crippen LogP contribution in [0.1, 0.15) is 47.0 Å². The van der Waals surface area contributed by atoms with Gasteiger partial charge in [0.15, 0.2) is 5.79 Å². The first-order valence-corrected chi connectivity index (χ1v) is 7.01. The fourth-order valence-electron chi connectivity index (χ4n) is 4.57. The average Bonchev–Trinajstić information content (AvgIpc) is 2.65. The quantitative estimate of drug-likeness (QED) is 0.709. The monoisotopic (exact) mass is 236 g/mol. The summed E-state index contributed by atoms with van der Waals surface area (Å²) >= 11 is 0. The topological polar surface area (TPSA) is 29.5 Å². The highest BCUT2D eigenvalue weighted by Gasteiger charge is 2.64. The van der Waals surface area contributed by atoms with E-state index in [4.69, 9.17) is 4.74 Å². The van der Waals surface area contributed by atoms with Gasteiger partial charge in [-0.05, 0) is 44.1 Å². The Morgan fingerprint density at radius 3 is 2.76 bits per heavy atom. The SMILES string of the molecule is CC1=C[C@@]2(O)O[C@@]3(C[C@H]2C(C)C)[C@@H](C)CC[C@@H]13. The first kappa shape index (κ1) is 11.7. The molecule has 1 N–H and O–H groups in total. The predicted octanol–water partition coefficient (Wildman–Crippen LogP) is 3.11. The van der Waals surface area contributed by atoms with Crippen LogP contribution in [0.3, 0.4) is 0 Å². The smallest absolute Gasteiger partial charge is 0.189 e. The summed E-state index contributed by atoms with van der Waals surface area (Å²) in [6.45, 7) is 8.86. The molecule has 17 heavy (non-hydrogen) atoms. The van der Waals surface area contributed by atoms with E-state index >= 15 is 0 Å². The second-order valence-electron chi connectivity index (χ2n) is 6.78. The molecule has 1 saturated carbocycles. The molecule has 0 aromatic rings. The van der Waals surface area contributed by atoms with Crippen LogP contribution in [-0.4, -0.2) is 16.5 Å². The van der Waals surface area contributed by atoms with Crippen LogP contribution < -0.4 is 0 Å². The number of hydrogen-bond acceptors (Lipinski definition) is 2. The number of fused-ring (bicyclic) bond motifs is 1. The molecule has 0 unspecified atom stereocenters. The molecule has 2 heterocycles. The van der Waals surface area contributed by atoms with Crippen LogP contribution in [0.2, 0.25) is 0 Å². The van der Waals surface area contributed by atoms with Crippen LogP contribution >= 0.6 is 0 Å². The van der Waals surface area contributed by atoms with Crippen LogP contribution in [0, 0.1) is 23.7 Å². The summed E-state index contributed by atoms with van der Waals surface area (Å²) in [5.74, 6) is 0.846. The summed E-state index contributed by atoms with van der Waals surface area (Å²) in [4.78, 5) is 0. The molecule has 96 valence electrons. The van der Waals surface area contributed by atoms with Crippen molar-refractivity contribution in [3.05, 3.63) is 11.6 Å². The van der Waals surface area contributed by atoms with Crippen molar-refractivity contribution in [2.45, 2.75) is 58.3 Å². The Balaban J connectivity index is 2.08. The number of hydrogen-bond donors (Lipinski definition) is 1. The maximum absolute atomic E-state index is 10.8. The molecule has 2 bridgehead atoms. The zero-order valence-electron chi connectivity index (χ0n) is 11.4. The van der Waals surface area contributed by atoms with Gasteiger partial charge in [-0.2, -0.15) is 0 Å². The molecule has 1 saturated heterocycles. The van der Waals surface area contributed by atoms with Gasteiger partial charge in [-0.15, -0.1) is 0 Å². The maximum Gasteiger partial charge on any atom is 0.189 e. The summed E-state index contributed by atoms with van der Waals surface area (Å²) < 4.78 is 6.23. The first-order valence-electron chi connectivity index (χ1n) is 7.01. The summed E-state index contributed by atoms with van der Waals surface area (Å²) in [6.07, 6.45) is 5.49. The van der Waals surface area contributed by atoms with E-state index in [0.717, 1.165) is 6.42 Å². The highest BCUT2D eigenvalue weighted by molar-refractivity contribution is 5.27. The minimum Gasteiger partial charge on any atom is -0.362 e. The molecule has 0 aromatic carbocycles. The van der Waals surface area contributed by atoms with Crippen LogP contribution in [0.15, 0.2) is 11.6 Å². The van der Waals surface area contributed by atoms with Gasteiger partial charge in [0.2, 0.25) is 0 Å². The van der Waals surface area contributed by atoms with Crippen LogP contribution in [-0.2, 0) is 4.74 Å². The molecule has 1 spiro atoms. The van der Waals surface area contributed by atoms with Crippen molar-refractivity contribution in [1.29, 1.82) is 0 Å². The number of ether oxygens (including phenoxy) is 1. The fraction of sp³-hybridized carbons (Fsp3) is 0.867. The molecule has 2 nitrogen and oxygen atoms in total. The van der Waals surface area contributed by atoms with Gasteiger partial charge in [-0.1, -0.05) is 26.3 Å². The summed E-state index contributed by atoms with van der Waals surface area (Å²) in [6, 6.07) is 0. The second kappa shape index (κ2) is 3.36. The Kier molecular flexibility index (Phi) is 2.32. The van der Waals surface area contributed by atoms with E-state index in [9.17, 15) is 5.11 Å². The van der Waals surface area contributed by atoms with Crippen molar-refractivity contribution in [2.24, 2.45) is 23.7 Å². The Labute approximate surface area is 104 Å². The molecule has 3 aliphatic rings. The largest absolute Gasteiger partial charge is 0.362 e. The second-order valence-corrected chi connectivity index (χ2v) is 6.78. The highest BCUT2D eigenvalue weighted by Crippen LogP contribution is 2.61. The third kappa shape index (κ3) is 1.34. The Hall–Kier alpha value is -0.340. The van der Waals surface area contributed by atoms with E-state index in [1.54, 1.807) is 0 Å². The van der Waals surface area contributed by atoms with E-state index in [2.05, 4.69) is 27.7 Å². The van der Waals surface area contributed by atoms with Crippen molar-refractivity contribution >= 4 is 0 Å². The number of aliphatic hydroxyl groups is 1. The van der Waals surface area contributed by atoms with Crippen LogP contribution in [0.25, 0.3) is 0 Å². The van der Waals surface area contributed by atoms with Crippen molar-refractivity contribution in [3.8, 4) is 0 Å². The minimum atomic E-state index is -0.993. The van der Waals surface area contributed by atoms with Gasteiger partial charge >= 0.3 is 0 Å². The fourth-order valence-corrected chi connectivity index (χ4v) is 4.57. The van der Waals surface area contributed by atoms with E-state index in [1.165, 1.54) is 18.4 Å². The van der Waals surface area contributed by atoms with Crippen LogP contribution in [0.4, 0.5) is 0 Å². The lowest BCUT2D eigenvalue weighted by atomic mass is 9.76. The predicted molar refractivity (Wildman–Crippen MR) is 67.4 cm³/mol. The molecule has 0 aromatic heterocycles. The summed E-state index contributed by atoms with van der Waals surface area (Å²) in [5.41, 5.74) is 1.29. The third-order valence-corrected chi connectivity index (χ3v) is 5.52. The minimum absolute atomic E-state index is 0.0669. The molecular weight excluding hydrogens is 212 g/mol. The maximum atomic E-state index is 10.8. The van der Waals surface area contributed by atoms with Gasteiger partial charge in [-0.3, -0.25) is 0 Å². The van der Waals surface area contributed by atoms with E-state index in [-0.39, 0.29) is 11.5 Å². The lowest BCUT2D eigenvalue weighted by molar-refractivity contribution is -0.233. The summed E-state index contributed by atoms with van der Waals surface area (Å²) in [5, 5.41) is 10.8. The van der Waals surface area contributed by atoms with E-state index < -0.39 is 5.79 Å². The third-order valence-electron chi connectivity index (χ3n) is 5.52. The van der Waals surface area contributed by atoms with Gasteiger partial charge in [0, 0.05) is 11.8 Å². The first-order chi connectivity index (χ1) is 7.89. The van der Waals surface area contributed by atoms with Crippen molar-refractivity contribution in [1.82, 2.24) is 0 Å². The molecule has 1 aliphatic carbocycles. The normalized spacial score (nSPS) is 52.8. The standard InChI is InChI=1S/C15H24O2/c1-9(2)13-8-14-11(4)5-6-12(14)10(3)7-15(13,16)17-14/h7,9,11-13,16H,5-6,8H2,1-4H3/t11-,12-,13-,14-,15+/m0/s1. The zero-order chi connectivity index (χ0) is 12.4. The van der Waals surface area contributed by atoms with E-state index in [0.29, 0.717) is 17.8 Å². The Morgan fingerprint density at radius 2 is 2.12 bits per heavy atom. The lowest BCUT2D eigenvalue weighted by Gasteiger charge is -2.41.